The Labute approximate surface area is 92.5 Å². The SMILES string of the molecule is COCC(CNC1CC1)N1CC=CCC1. The van der Waals surface area contributed by atoms with Gasteiger partial charge in [0, 0.05) is 38.8 Å². The van der Waals surface area contributed by atoms with Gasteiger partial charge in [0.25, 0.3) is 0 Å². The van der Waals surface area contributed by atoms with Crippen molar-refractivity contribution in [2.24, 2.45) is 0 Å². The monoisotopic (exact) mass is 210 g/mol. The lowest BCUT2D eigenvalue weighted by atomic mass is 10.2. The quantitative estimate of drug-likeness (QED) is 0.662. The van der Waals surface area contributed by atoms with Gasteiger partial charge in [-0.15, -0.1) is 0 Å². The van der Waals surface area contributed by atoms with Crippen LogP contribution in [-0.2, 0) is 4.74 Å². The molecule has 86 valence electrons. The first-order valence-electron chi connectivity index (χ1n) is 6.01. The number of nitrogens with one attached hydrogen (secondary N) is 1. The van der Waals surface area contributed by atoms with Gasteiger partial charge >= 0.3 is 0 Å². The van der Waals surface area contributed by atoms with E-state index in [-0.39, 0.29) is 0 Å². The van der Waals surface area contributed by atoms with Crippen molar-refractivity contribution in [2.75, 3.05) is 33.4 Å². The second-order valence-corrected chi connectivity index (χ2v) is 4.55. The molecular formula is C12H22N2O. The van der Waals surface area contributed by atoms with Gasteiger partial charge in [0.05, 0.1) is 6.61 Å². The lowest BCUT2D eigenvalue weighted by molar-refractivity contribution is 0.0949. The Hall–Kier alpha value is -0.380. The van der Waals surface area contributed by atoms with Crippen LogP contribution in [0.2, 0.25) is 0 Å². The molecule has 0 saturated heterocycles. The molecule has 0 radical (unpaired) electrons. The van der Waals surface area contributed by atoms with E-state index < -0.39 is 0 Å². The summed E-state index contributed by atoms with van der Waals surface area (Å²) in [4.78, 5) is 2.51. The largest absolute Gasteiger partial charge is 0.383 e. The zero-order valence-corrected chi connectivity index (χ0v) is 9.61. The highest BCUT2D eigenvalue weighted by Crippen LogP contribution is 2.19. The van der Waals surface area contributed by atoms with Gasteiger partial charge in [0.1, 0.15) is 0 Å². The van der Waals surface area contributed by atoms with Gasteiger partial charge in [-0.25, -0.2) is 0 Å². The minimum absolute atomic E-state index is 0.542. The van der Waals surface area contributed by atoms with Crippen LogP contribution >= 0.6 is 0 Å². The summed E-state index contributed by atoms with van der Waals surface area (Å²) in [6.07, 6.45) is 8.45. The van der Waals surface area contributed by atoms with E-state index in [1.165, 1.54) is 25.8 Å². The Bertz CT molecular complexity index is 214. The van der Waals surface area contributed by atoms with E-state index in [4.69, 9.17) is 4.74 Å². The molecule has 2 aliphatic rings. The molecule has 1 aliphatic carbocycles. The average molecular weight is 210 g/mol. The van der Waals surface area contributed by atoms with Crippen molar-refractivity contribution in [3.63, 3.8) is 0 Å². The molecule has 2 rings (SSSR count). The van der Waals surface area contributed by atoms with Crippen LogP contribution in [0.25, 0.3) is 0 Å². The minimum Gasteiger partial charge on any atom is -0.383 e. The molecule has 1 atom stereocenters. The summed E-state index contributed by atoms with van der Waals surface area (Å²) in [6, 6.07) is 1.34. The standard InChI is InChI=1S/C12H22N2O/c1-15-10-12(9-13-11-5-6-11)14-7-3-2-4-8-14/h2-3,11-13H,4-10H2,1H3. The first-order chi connectivity index (χ1) is 7.40. The number of hydrogen-bond acceptors (Lipinski definition) is 3. The van der Waals surface area contributed by atoms with E-state index in [2.05, 4.69) is 22.4 Å². The van der Waals surface area contributed by atoms with Gasteiger partial charge in [0.15, 0.2) is 0 Å². The molecule has 0 bridgehead atoms. The minimum atomic E-state index is 0.542. The number of rotatable bonds is 6. The maximum atomic E-state index is 5.30. The molecule has 1 heterocycles. The Balaban J connectivity index is 1.77. The summed E-state index contributed by atoms with van der Waals surface area (Å²) in [7, 11) is 1.80. The van der Waals surface area contributed by atoms with E-state index in [0.29, 0.717) is 6.04 Å². The smallest absolute Gasteiger partial charge is 0.0630 e. The number of ether oxygens (including phenoxy) is 1. The second kappa shape index (κ2) is 5.64. The second-order valence-electron chi connectivity index (χ2n) is 4.55. The number of hydrogen-bond donors (Lipinski definition) is 1. The van der Waals surface area contributed by atoms with Crippen molar-refractivity contribution in [1.29, 1.82) is 0 Å². The van der Waals surface area contributed by atoms with Crippen LogP contribution in [0.15, 0.2) is 12.2 Å². The van der Waals surface area contributed by atoms with Crippen molar-refractivity contribution in [3.05, 3.63) is 12.2 Å². The molecular weight excluding hydrogens is 188 g/mol. The summed E-state index contributed by atoms with van der Waals surface area (Å²) in [5.74, 6) is 0. The lowest BCUT2D eigenvalue weighted by Gasteiger charge is -2.32. The Kier molecular flexibility index (Phi) is 4.18. The third kappa shape index (κ3) is 3.59. The summed E-state index contributed by atoms with van der Waals surface area (Å²) in [5.41, 5.74) is 0. The molecule has 15 heavy (non-hydrogen) atoms. The van der Waals surface area contributed by atoms with Crippen LogP contribution in [0.5, 0.6) is 0 Å². The first kappa shape index (κ1) is 11.1. The fraction of sp³-hybridized carbons (Fsp3) is 0.833. The Morgan fingerprint density at radius 3 is 2.93 bits per heavy atom. The Morgan fingerprint density at radius 2 is 2.33 bits per heavy atom. The Morgan fingerprint density at radius 1 is 1.47 bits per heavy atom. The fourth-order valence-corrected chi connectivity index (χ4v) is 2.07. The third-order valence-corrected chi connectivity index (χ3v) is 3.18. The van der Waals surface area contributed by atoms with Crippen molar-refractivity contribution in [1.82, 2.24) is 10.2 Å². The summed E-state index contributed by atoms with van der Waals surface area (Å²) in [5, 5.41) is 3.59. The lowest BCUT2D eigenvalue weighted by Crippen LogP contribution is -2.46. The predicted molar refractivity (Wildman–Crippen MR) is 62.0 cm³/mol. The van der Waals surface area contributed by atoms with Gasteiger partial charge < -0.3 is 10.1 Å². The van der Waals surface area contributed by atoms with Gasteiger partial charge in [0.2, 0.25) is 0 Å². The highest BCUT2D eigenvalue weighted by atomic mass is 16.5. The van der Waals surface area contributed by atoms with E-state index in [1.807, 2.05) is 0 Å². The van der Waals surface area contributed by atoms with E-state index in [1.54, 1.807) is 7.11 Å². The van der Waals surface area contributed by atoms with Crippen LogP contribution in [0, 0.1) is 0 Å². The van der Waals surface area contributed by atoms with Crippen molar-refractivity contribution < 1.29 is 4.74 Å². The topological polar surface area (TPSA) is 24.5 Å². The molecule has 0 spiro atoms. The molecule has 1 N–H and O–H groups in total. The van der Waals surface area contributed by atoms with Crippen LogP contribution < -0.4 is 5.32 Å². The molecule has 1 fully saturated rings. The predicted octanol–water partition coefficient (Wildman–Crippen LogP) is 1.02. The summed E-state index contributed by atoms with van der Waals surface area (Å²) in [6.45, 7) is 4.18. The average Bonchev–Trinajstić information content (AvgIpc) is 3.09. The molecule has 3 nitrogen and oxygen atoms in total. The van der Waals surface area contributed by atoms with Crippen LogP contribution in [0.4, 0.5) is 0 Å². The maximum Gasteiger partial charge on any atom is 0.0630 e. The normalized spacial score (nSPS) is 24.3. The molecule has 0 aromatic rings. The van der Waals surface area contributed by atoms with Crippen LogP contribution in [0.3, 0.4) is 0 Å². The van der Waals surface area contributed by atoms with E-state index in [9.17, 15) is 0 Å². The molecule has 1 saturated carbocycles. The van der Waals surface area contributed by atoms with Gasteiger partial charge in [-0.1, -0.05) is 12.2 Å². The highest BCUT2D eigenvalue weighted by molar-refractivity contribution is 4.94. The zero-order valence-electron chi connectivity index (χ0n) is 9.61. The molecule has 0 aromatic carbocycles. The molecule has 3 heteroatoms. The fourth-order valence-electron chi connectivity index (χ4n) is 2.07. The maximum absolute atomic E-state index is 5.30. The van der Waals surface area contributed by atoms with Gasteiger partial charge in [-0.3, -0.25) is 4.90 Å². The zero-order chi connectivity index (χ0) is 10.5. The van der Waals surface area contributed by atoms with Crippen molar-refractivity contribution in [2.45, 2.75) is 31.3 Å². The summed E-state index contributed by atoms with van der Waals surface area (Å²) >= 11 is 0. The van der Waals surface area contributed by atoms with Gasteiger partial charge in [-0.2, -0.15) is 0 Å². The molecule has 0 amide bonds. The molecule has 1 aliphatic heterocycles. The van der Waals surface area contributed by atoms with Crippen molar-refractivity contribution in [3.8, 4) is 0 Å². The van der Waals surface area contributed by atoms with Gasteiger partial charge in [-0.05, 0) is 19.3 Å². The summed E-state index contributed by atoms with van der Waals surface area (Å²) < 4.78 is 5.30. The third-order valence-electron chi connectivity index (χ3n) is 3.18. The van der Waals surface area contributed by atoms with E-state index >= 15 is 0 Å². The highest BCUT2D eigenvalue weighted by Gasteiger charge is 2.24. The van der Waals surface area contributed by atoms with Crippen molar-refractivity contribution >= 4 is 0 Å². The van der Waals surface area contributed by atoms with Crippen LogP contribution in [0.1, 0.15) is 19.3 Å². The number of methoxy groups -OCH3 is 1. The first-order valence-corrected chi connectivity index (χ1v) is 6.01. The van der Waals surface area contributed by atoms with Crippen LogP contribution in [-0.4, -0.2) is 50.3 Å². The molecule has 1 unspecified atom stereocenters. The van der Waals surface area contributed by atoms with E-state index in [0.717, 1.165) is 25.7 Å². The number of nitrogens with zero attached hydrogens (tertiary/aromatic N) is 1. The molecule has 0 aromatic heterocycles.